The van der Waals surface area contributed by atoms with Crippen LogP contribution in [0.1, 0.15) is 23.2 Å². The number of anilines is 1. The van der Waals surface area contributed by atoms with Gasteiger partial charge in [-0.15, -0.1) is 0 Å². The lowest BCUT2D eigenvalue weighted by Gasteiger charge is -2.19. The maximum atomic E-state index is 12.9. The molecule has 29 heavy (non-hydrogen) atoms. The van der Waals surface area contributed by atoms with Crippen molar-refractivity contribution in [1.82, 2.24) is 4.31 Å². The van der Waals surface area contributed by atoms with E-state index in [1.54, 1.807) is 18.2 Å². The highest BCUT2D eigenvalue weighted by molar-refractivity contribution is 7.89. The van der Waals surface area contributed by atoms with Crippen molar-refractivity contribution < 1.29 is 27.4 Å². The topological polar surface area (TPSA) is 94.2 Å². The van der Waals surface area contributed by atoms with E-state index in [2.05, 4.69) is 5.32 Å². The molecule has 0 unspecified atom stereocenters. The molecule has 2 aliphatic heterocycles. The van der Waals surface area contributed by atoms with Crippen LogP contribution in [0, 0.1) is 0 Å². The summed E-state index contributed by atoms with van der Waals surface area (Å²) in [5.74, 6) is 0.981. The fraction of sp³-hybridized carbons (Fsp3) is 0.350. The fourth-order valence-electron chi connectivity index (χ4n) is 3.42. The van der Waals surface area contributed by atoms with E-state index in [4.69, 9.17) is 14.2 Å². The Labute approximate surface area is 169 Å². The summed E-state index contributed by atoms with van der Waals surface area (Å²) in [7, 11) is -2.21. The fourth-order valence-corrected chi connectivity index (χ4v) is 4.97. The first-order chi connectivity index (χ1) is 14.0. The number of carbonyl (C=O) groups excluding carboxylic acids is 1. The van der Waals surface area contributed by atoms with Gasteiger partial charge in [-0.25, -0.2) is 8.42 Å². The monoisotopic (exact) mass is 418 g/mol. The van der Waals surface area contributed by atoms with E-state index in [0.29, 0.717) is 49.2 Å². The van der Waals surface area contributed by atoms with E-state index in [9.17, 15) is 13.2 Å². The summed E-state index contributed by atoms with van der Waals surface area (Å²) >= 11 is 0. The number of hydrogen-bond donors (Lipinski definition) is 1. The molecule has 1 fully saturated rings. The van der Waals surface area contributed by atoms with Gasteiger partial charge in [-0.3, -0.25) is 4.79 Å². The second-order valence-electron chi connectivity index (χ2n) is 6.79. The number of sulfonamides is 1. The molecule has 2 aromatic rings. The number of hydrogen-bond acceptors (Lipinski definition) is 6. The summed E-state index contributed by atoms with van der Waals surface area (Å²) in [6.07, 6.45) is 1.68. The van der Waals surface area contributed by atoms with Crippen LogP contribution in [0.15, 0.2) is 41.3 Å². The Bertz CT molecular complexity index is 1030. The Hall–Kier alpha value is -2.78. The number of benzene rings is 2. The Balaban J connectivity index is 1.62. The van der Waals surface area contributed by atoms with Crippen molar-refractivity contribution in [2.24, 2.45) is 0 Å². The van der Waals surface area contributed by atoms with Crippen molar-refractivity contribution in [3.8, 4) is 17.2 Å². The molecule has 1 N–H and O–H groups in total. The quantitative estimate of drug-likeness (QED) is 0.802. The van der Waals surface area contributed by atoms with E-state index in [1.807, 2.05) is 0 Å². The Morgan fingerprint density at radius 3 is 2.48 bits per heavy atom. The molecule has 1 amide bonds. The molecule has 2 heterocycles. The van der Waals surface area contributed by atoms with Crippen molar-refractivity contribution in [2.45, 2.75) is 17.7 Å². The first kappa shape index (κ1) is 19.5. The Kier molecular flexibility index (Phi) is 5.33. The minimum Gasteiger partial charge on any atom is -0.496 e. The smallest absolute Gasteiger partial charge is 0.259 e. The molecule has 0 aliphatic carbocycles. The van der Waals surface area contributed by atoms with E-state index in [0.717, 1.165) is 12.8 Å². The molecule has 2 aliphatic rings. The molecule has 0 spiro atoms. The normalized spacial score (nSPS) is 16.4. The third kappa shape index (κ3) is 3.88. The van der Waals surface area contributed by atoms with Crippen molar-refractivity contribution >= 4 is 21.6 Å². The third-order valence-corrected chi connectivity index (χ3v) is 6.81. The van der Waals surface area contributed by atoms with Crippen LogP contribution in [0.25, 0.3) is 0 Å². The predicted molar refractivity (Wildman–Crippen MR) is 106 cm³/mol. The van der Waals surface area contributed by atoms with Crippen molar-refractivity contribution in [1.29, 1.82) is 0 Å². The predicted octanol–water partition coefficient (Wildman–Crippen LogP) is 2.50. The number of nitrogens with zero attached hydrogens (tertiary/aromatic N) is 1. The van der Waals surface area contributed by atoms with Gasteiger partial charge in [0.2, 0.25) is 10.0 Å². The van der Waals surface area contributed by atoms with Gasteiger partial charge in [-0.2, -0.15) is 4.31 Å². The number of fused-ring (bicyclic) bond motifs is 1. The molecule has 8 nitrogen and oxygen atoms in total. The van der Waals surface area contributed by atoms with Gasteiger partial charge in [-0.05, 0) is 43.2 Å². The van der Waals surface area contributed by atoms with E-state index < -0.39 is 15.9 Å². The molecule has 0 bridgehead atoms. The van der Waals surface area contributed by atoms with Crippen molar-refractivity contribution in [3.05, 3.63) is 42.0 Å². The van der Waals surface area contributed by atoms with Crippen LogP contribution in [-0.4, -0.2) is 52.0 Å². The Morgan fingerprint density at radius 2 is 1.76 bits per heavy atom. The lowest BCUT2D eigenvalue weighted by atomic mass is 10.1. The van der Waals surface area contributed by atoms with Crippen LogP contribution in [0.5, 0.6) is 17.2 Å². The number of methoxy groups -OCH3 is 1. The molecule has 4 rings (SSSR count). The van der Waals surface area contributed by atoms with Crippen molar-refractivity contribution in [3.63, 3.8) is 0 Å². The highest BCUT2D eigenvalue weighted by Crippen LogP contribution is 2.33. The average molecular weight is 418 g/mol. The molecule has 2 aromatic carbocycles. The summed E-state index contributed by atoms with van der Waals surface area (Å²) in [5.41, 5.74) is 0.650. The van der Waals surface area contributed by atoms with E-state index >= 15 is 0 Å². The lowest BCUT2D eigenvalue weighted by Crippen LogP contribution is -2.28. The largest absolute Gasteiger partial charge is 0.496 e. The van der Waals surface area contributed by atoms with Crippen LogP contribution in [0.4, 0.5) is 5.69 Å². The minimum absolute atomic E-state index is 0.0764. The van der Waals surface area contributed by atoms with Crippen LogP contribution in [0.3, 0.4) is 0 Å². The van der Waals surface area contributed by atoms with Gasteiger partial charge >= 0.3 is 0 Å². The van der Waals surface area contributed by atoms with Gasteiger partial charge in [0.1, 0.15) is 19.0 Å². The lowest BCUT2D eigenvalue weighted by molar-refractivity contribution is 0.102. The standard InChI is InChI=1S/C20H22N2O6S/c1-26-17-7-5-15(29(24,25)22-8-2-3-9-22)13-16(17)20(23)21-14-4-6-18-19(12-14)28-11-10-27-18/h4-7,12-13H,2-3,8-11H2,1H3,(H,21,23). The maximum absolute atomic E-state index is 12.9. The number of amides is 1. The van der Waals surface area contributed by atoms with Gasteiger partial charge in [0.05, 0.1) is 17.6 Å². The highest BCUT2D eigenvalue weighted by Gasteiger charge is 2.28. The summed E-state index contributed by atoms with van der Waals surface area (Å²) in [6.45, 7) is 1.91. The van der Waals surface area contributed by atoms with Gasteiger partial charge in [0.15, 0.2) is 11.5 Å². The first-order valence-corrected chi connectivity index (χ1v) is 10.8. The number of nitrogens with one attached hydrogen (secondary N) is 1. The molecule has 0 atom stereocenters. The van der Waals surface area contributed by atoms with E-state index in [1.165, 1.54) is 29.6 Å². The minimum atomic E-state index is -3.64. The molecule has 9 heteroatoms. The average Bonchev–Trinajstić information content (AvgIpc) is 3.29. The summed E-state index contributed by atoms with van der Waals surface area (Å²) in [4.78, 5) is 13.0. The summed E-state index contributed by atoms with van der Waals surface area (Å²) in [6, 6.07) is 9.41. The van der Waals surface area contributed by atoms with Crippen LogP contribution >= 0.6 is 0 Å². The molecular formula is C20H22N2O6S. The van der Waals surface area contributed by atoms with Gasteiger partial charge in [-0.1, -0.05) is 0 Å². The van der Waals surface area contributed by atoms with Gasteiger partial charge in [0, 0.05) is 24.8 Å². The molecule has 0 aromatic heterocycles. The summed E-state index contributed by atoms with van der Waals surface area (Å²) in [5, 5.41) is 2.77. The molecule has 0 saturated carbocycles. The van der Waals surface area contributed by atoms with Crippen LogP contribution < -0.4 is 19.5 Å². The SMILES string of the molecule is COc1ccc(S(=O)(=O)N2CCCC2)cc1C(=O)Nc1ccc2c(c1)OCCO2. The second kappa shape index (κ2) is 7.92. The zero-order valence-corrected chi connectivity index (χ0v) is 16.8. The second-order valence-corrected chi connectivity index (χ2v) is 8.72. The molecule has 0 radical (unpaired) electrons. The first-order valence-electron chi connectivity index (χ1n) is 9.38. The number of ether oxygens (including phenoxy) is 3. The maximum Gasteiger partial charge on any atom is 0.259 e. The Morgan fingerprint density at radius 1 is 1.03 bits per heavy atom. The highest BCUT2D eigenvalue weighted by atomic mass is 32.2. The summed E-state index contributed by atoms with van der Waals surface area (Å²) < 4.78 is 43.4. The molecule has 1 saturated heterocycles. The van der Waals surface area contributed by atoms with Crippen molar-refractivity contribution in [2.75, 3.05) is 38.7 Å². The van der Waals surface area contributed by atoms with Crippen LogP contribution in [-0.2, 0) is 10.0 Å². The van der Waals surface area contributed by atoms with Gasteiger partial charge < -0.3 is 19.5 Å². The zero-order valence-electron chi connectivity index (χ0n) is 16.0. The molecule has 154 valence electrons. The molecular weight excluding hydrogens is 396 g/mol. The number of rotatable bonds is 5. The van der Waals surface area contributed by atoms with Crippen LogP contribution in [0.2, 0.25) is 0 Å². The number of carbonyl (C=O) groups is 1. The van der Waals surface area contributed by atoms with E-state index in [-0.39, 0.29) is 10.5 Å². The van der Waals surface area contributed by atoms with Gasteiger partial charge in [0.25, 0.3) is 5.91 Å². The zero-order chi connectivity index (χ0) is 20.4. The third-order valence-electron chi connectivity index (χ3n) is 4.92.